The van der Waals surface area contributed by atoms with Crippen LogP contribution in [0, 0.1) is 5.92 Å². The number of hydrogen-bond acceptors (Lipinski definition) is 4. The maximum atomic E-state index is 11.6. The number of esters is 1. The maximum absolute atomic E-state index is 11.6. The van der Waals surface area contributed by atoms with E-state index in [1.165, 1.54) is 45.0 Å². The Hall–Kier alpha value is -0.220. The van der Waals surface area contributed by atoms with Crippen molar-refractivity contribution in [3.63, 3.8) is 0 Å². The van der Waals surface area contributed by atoms with Crippen molar-refractivity contribution < 1.29 is 9.53 Å². The highest BCUT2D eigenvalue weighted by molar-refractivity contribution is 7.99. The summed E-state index contributed by atoms with van der Waals surface area (Å²) in [5.41, 5.74) is 0. The predicted octanol–water partition coefficient (Wildman–Crippen LogP) is 1.81. The normalized spacial score (nSPS) is 27.4. The molecule has 0 aromatic carbocycles. The van der Waals surface area contributed by atoms with E-state index in [1.807, 2.05) is 11.8 Å². The van der Waals surface area contributed by atoms with Crippen LogP contribution in [-0.2, 0) is 9.53 Å². The molecule has 2 rings (SSSR count). The molecule has 1 aliphatic heterocycles. The Kier molecular flexibility index (Phi) is 4.53. The minimum atomic E-state index is -0.0803. The van der Waals surface area contributed by atoms with E-state index in [-0.39, 0.29) is 12.0 Å². The summed E-state index contributed by atoms with van der Waals surface area (Å²) in [6.45, 7) is 0.959. The second kappa shape index (κ2) is 5.92. The molecule has 1 saturated carbocycles. The van der Waals surface area contributed by atoms with E-state index >= 15 is 0 Å². The summed E-state index contributed by atoms with van der Waals surface area (Å²) in [7, 11) is 1.48. The molecule has 1 N–H and O–H groups in total. The smallest absolute Gasteiger partial charge is 0.323 e. The van der Waals surface area contributed by atoms with Crippen LogP contribution in [-0.4, -0.2) is 36.7 Å². The standard InChI is InChI=1S/C12H21NO2S/c1-15-12(14)11(9-5-6-9)13-8-10-4-2-3-7-16-10/h9-11,13H,2-8H2,1H3. The average Bonchev–Trinajstić information content (AvgIpc) is 3.15. The number of carbonyl (C=O) groups excluding carboxylic acids is 1. The van der Waals surface area contributed by atoms with Gasteiger partial charge in [-0.2, -0.15) is 11.8 Å². The zero-order valence-electron chi connectivity index (χ0n) is 9.91. The first-order chi connectivity index (χ1) is 7.81. The van der Waals surface area contributed by atoms with Crippen LogP contribution in [0.2, 0.25) is 0 Å². The van der Waals surface area contributed by atoms with Gasteiger partial charge in [0.1, 0.15) is 6.04 Å². The molecule has 2 unspecified atom stereocenters. The Morgan fingerprint density at radius 3 is 2.81 bits per heavy atom. The minimum Gasteiger partial charge on any atom is -0.468 e. The Morgan fingerprint density at radius 1 is 1.44 bits per heavy atom. The summed E-state index contributed by atoms with van der Waals surface area (Å²) in [6.07, 6.45) is 6.32. The number of ether oxygens (including phenoxy) is 1. The van der Waals surface area contributed by atoms with E-state index in [0.29, 0.717) is 11.2 Å². The molecule has 2 fully saturated rings. The summed E-state index contributed by atoms with van der Waals surface area (Å²) in [5.74, 6) is 1.72. The van der Waals surface area contributed by atoms with E-state index in [2.05, 4.69) is 5.32 Å². The number of nitrogens with one attached hydrogen (secondary N) is 1. The van der Waals surface area contributed by atoms with Crippen LogP contribution in [0.5, 0.6) is 0 Å². The van der Waals surface area contributed by atoms with Crippen molar-refractivity contribution in [3.8, 4) is 0 Å². The molecule has 0 spiro atoms. The molecule has 1 aliphatic carbocycles. The quantitative estimate of drug-likeness (QED) is 0.747. The van der Waals surface area contributed by atoms with Gasteiger partial charge in [0.05, 0.1) is 7.11 Å². The predicted molar refractivity (Wildman–Crippen MR) is 66.6 cm³/mol. The fraction of sp³-hybridized carbons (Fsp3) is 0.917. The summed E-state index contributed by atoms with van der Waals surface area (Å²) in [4.78, 5) is 11.6. The van der Waals surface area contributed by atoms with Gasteiger partial charge in [-0.3, -0.25) is 4.79 Å². The van der Waals surface area contributed by atoms with Crippen molar-refractivity contribution >= 4 is 17.7 Å². The van der Waals surface area contributed by atoms with Crippen LogP contribution in [0.1, 0.15) is 32.1 Å². The Labute approximate surface area is 102 Å². The third kappa shape index (κ3) is 3.39. The van der Waals surface area contributed by atoms with Gasteiger partial charge in [0.15, 0.2) is 0 Å². The summed E-state index contributed by atoms with van der Waals surface area (Å²) < 4.78 is 4.85. The first-order valence-electron chi connectivity index (χ1n) is 6.24. The van der Waals surface area contributed by atoms with Gasteiger partial charge in [-0.25, -0.2) is 0 Å². The molecule has 1 saturated heterocycles. The number of rotatable bonds is 5. The van der Waals surface area contributed by atoms with Crippen molar-refractivity contribution in [1.82, 2.24) is 5.32 Å². The number of thioether (sulfide) groups is 1. The summed E-state index contributed by atoms with van der Waals surface area (Å²) in [5, 5.41) is 4.10. The molecular weight excluding hydrogens is 222 g/mol. The van der Waals surface area contributed by atoms with Crippen molar-refractivity contribution in [2.24, 2.45) is 5.92 Å². The van der Waals surface area contributed by atoms with Crippen LogP contribution in [0.4, 0.5) is 0 Å². The van der Waals surface area contributed by atoms with Gasteiger partial charge in [0, 0.05) is 11.8 Å². The lowest BCUT2D eigenvalue weighted by Gasteiger charge is -2.24. The molecule has 0 aromatic heterocycles. The molecule has 4 heteroatoms. The number of methoxy groups -OCH3 is 1. The topological polar surface area (TPSA) is 38.3 Å². The van der Waals surface area contributed by atoms with Gasteiger partial charge in [-0.1, -0.05) is 6.42 Å². The minimum absolute atomic E-state index is 0.0486. The Balaban J connectivity index is 1.74. The molecule has 1 heterocycles. The van der Waals surface area contributed by atoms with Gasteiger partial charge in [-0.05, 0) is 37.4 Å². The van der Waals surface area contributed by atoms with E-state index < -0.39 is 0 Å². The molecule has 0 amide bonds. The third-order valence-corrected chi connectivity index (χ3v) is 4.79. The van der Waals surface area contributed by atoms with Gasteiger partial charge >= 0.3 is 5.97 Å². The first-order valence-corrected chi connectivity index (χ1v) is 7.29. The maximum Gasteiger partial charge on any atom is 0.323 e. The molecule has 3 nitrogen and oxygen atoms in total. The molecule has 16 heavy (non-hydrogen) atoms. The average molecular weight is 243 g/mol. The molecule has 0 radical (unpaired) electrons. The van der Waals surface area contributed by atoms with Gasteiger partial charge in [-0.15, -0.1) is 0 Å². The lowest BCUT2D eigenvalue weighted by Crippen LogP contribution is -2.42. The molecule has 0 aromatic rings. The van der Waals surface area contributed by atoms with Crippen LogP contribution < -0.4 is 5.32 Å². The highest BCUT2D eigenvalue weighted by Gasteiger charge is 2.36. The summed E-state index contributed by atoms with van der Waals surface area (Å²) in [6, 6.07) is -0.0486. The van der Waals surface area contributed by atoms with E-state index in [9.17, 15) is 4.79 Å². The second-order valence-corrected chi connectivity index (χ2v) is 6.14. The first kappa shape index (κ1) is 12.2. The lowest BCUT2D eigenvalue weighted by atomic mass is 10.1. The zero-order chi connectivity index (χ0) is 11.4. The van der Waals surface area contributed by atoms with E-state index in [1.54, 1.807) is 0 Å². The molecule has 92 valence electrons. The monoisotopic (exact) mass is 243 g/mol. The van der Waals surface area contributed by atoms with Crippen molar-refractivity contribution in [2.75, 3.05) is 19.4 Å². The number of hydrogen-bond donors (Lipinski definition) is 1. The van der Waals surface area contributed by atoms with Crippen molar-refractivity contribution in [2.45, 2.75) is 43.4 Å². The highest BCUT2D eigenvalue weighted by Crippen LogP contribution is 2.33. The molecule has 2 aliphatic rings. The van der Waals surface area contributed by atoms with E-state index in [4.69, 9.17) is 4.74 Å². The van der Waals surface area contributed by atoms with Crippen LogP contribution in [0.3, 0.4) is 0 Å². The highest BCUT2D eigenvalue weighted by atomic mass is 32.2. The van der Waals surface area contributed by atoms with Crippen LogP contribution in [0.15, 0.2) is 0 Å². The molecule has 0 bridgehead atoms. The number of carbonyl (C=O) groups is 1. The third-order valence-electron chi connectivity index (χ3n) is 3.39. The van der Waals surface area contributed by atoms with Crippen LogP contribution >= 0.6 is 11.8 Å². The zero-order valence-corrected chi connectivity index (χ0v) is 10.7. The van der Waals surface area contributed by atoms with Crippen LogP contribution in [0.25, 0.3) is 0 Å². The van der Waals surface area contributed by atoms with Gasteiger partial charge < -0.3 is 10.1 Å². The van der Waals surface area contributed by atoms with Gasteiger partial charge in [0.2, 0.25) is 0 Å². The van der Waals surface area contributed by atoms with Crippen molar-refractivity contribution in [3.05, 3.63) is 0 Å². The Bertz CT molecular complexity index is 237. The van der Waals surface area contributed by atoms with Crippen molar-refractivity contribution in [1.29, 1.82) is 0 Å². The molecular formula is C12H21NO2S. The fourth-order valence-electron chi connectivity index (χ4n) is 2.23. The van der Waals surface area contributed by atoms with E-state index in [0.717, 1.165) is 6.54 Å². The molecule has 2 atom stereocenters. The Morgan fingerprint density at radius 2 is 2.25 bits per heavy atom. The fourth-order valence-corrected chi connectivity index (χ4v) is 3.48. The summed E-state index contributed by atoms with van der Waals surface area (Å²) >= 11 is 2.04. The SMILES string of the molecule is COC(=O)C(NCC1CCCCS1)C1CC1. The van der Waals surface area contributed by atoms with Gasteiger partial charge in [0.25, 0.3) is 0 Å². The second-order valence-electron chi connectivity index (χ2n) is 4.74. The lowest BCUT2D eigenvalue weighted by molar-refractivity contribution is -0.143. The largest absolute Gasteiger partial charge is 0.468 e.